The second-order valence-electron chi connectivity index (χ2n) is 5.95. The predicted octanol–water partition coefficient (Wildman–Crippen LogP) is 1.50. The third-order valence-corrected chi connectivity index (χ3v) is 4.46. The summed E-state index contributed by atoms with van der Waals surface area (Å²) in [6.07, 6.45) is 2.70. The highest BCUT2D eigenvalue weighted by Gasteiger charge is 2.36. The predicted molar refractivity (Wildman–Crippen MR) is 69.9 cm³/mol. The van der Waals surface area contributed by atoms with Gasteiger partial charge in [-0.25, -0.2) is 0 Å². The summed E-state index contributed by atoms with van der Waals surface area (Å²) >= 11 is 0. The lowest BCUT2D eigenvalue weighted by molar-refractivity contribution is -0.133. The van der Waals surface area contributed by atoms with Gasteiger partial charge in [-0.15, -0.1) is 0 Å². The topological polar surface area (TPSA) is 40.6 Å². The molecule has 0 unspecified atom stereocenters. The number of hydrogen-bond acceptors (Lipinski definition) is 2. The molecule has 4 nitrogen and oxygen atoms in total. The van der Waals surface area contributed by atoms with E-state index in [2.05, 4.69) is 13.8 Å². The molecule has 2 aliphatic rings. The lowest BCUT2D eigenvalue weighted by Gasteiger charge is -2.36. The van der Waals surface area contributed by atoms with E-state index in [1.54, 1.807) is 6.92 Å². The third kappa shape index (κ3) is 2.68. The van der Waals surface area contributed by atoms with Crippen LogP contribution in [0.1, 0.15) is 40.0 Å². The molecule has 0 aliphatic carbocycles. The van der Waals surface area contributed by atoms with E-state index < -0.39 is 0 Å². The molecular formula is C14H24N2O2. The summed E-state index contributed by atoms with van der Waals surface area (Å²) in [6.45, 7) is 8.32. The van der Waals surface area contributed by atoms with Crippen LogP contribution in [0.3, 0.4) is 0 Å². The van der Waals surface area contributed by atoms with Crippen molar-refractivity contribution in [1.29, 1.82) is 0 Å². The van der Waals surface area contributed by atoms with Crippen molar-refractivity contribution in [3.05, 3.63) is 0 Å². The molecule has 2 aliphatic heterocycles. The van der Waals surface area contributed by atoms with E-state index in [9.17, 15) is 9.59 Å². The molecule has 0 bridgehead atoms. The Hall–Kier alpha value is -1.06. The van der Waals surface area contributed by atoms with Crippen LogP contribution in [0.4, 0.5) is 0 Å². The van der Waals surface area contributed by atoms with Gasteiger partial charge < -0.3 is 9.80 Å². The smallest absolute Gasteiger partial charge is 0.223 e. The van der Waals surface area contributed by atoms with Crippen LogP contribution in [0.15, 0.2) is 0 Å². The lowest BCUT2D eigenvalue weighted by atomic mass is 9.82. The van der Waals surface area contributed by atoms with Gasteiger partial charge in [-0.05, 0) is 38.5 Å². The molecule has 2 fully saturated rings. The van der Waals surface area contributed by atoms with Crippen molar-refractivity contribution in [3.63, 3.8) is 0 Å². The molecule has 0 aromatic heterocycles. The maximum Gasteiger partial charge on any atom is 0.223 e. The zero-order valence-electron chi connectivity index (χ0n) is 11.7. The molecule has 0 spiro atoms. The minimum Gasteiger partial charge on any atom is -0.343 e. The van der Waals surface area contributed by atoms with Crippen LogP contribution >= 0.6 is 0 Å². The summed E-state index contributed by atoms with van der Waals surface area (Å²) in [6, 6.07) is 0.293. The van der Waals surface area contributed by atoms with Gasteiger partial charge in [-0.2, -0.15) is 0 Å². The van der Waals surface area contributed by atoms with Crippen molar-refractivity contribution in [2.45, 2.75) is 46.1 Å². The van der Waals surface area contributed by atoms with Crippen LogP contribution in [-0.4, -0.2) is 47.3 Å². The summed E-state index contributed by atoms with van der Waals surface area (Å²) in [5, 5.41) is 0. The molecule has 0 N–H and O–H groups in total. The number of hydrogen-bond donors (Lipinski definition) is 0. The largest absolute Gasteiger partial charge is 0.343 e. The summed E-state index contributed by atoms with van der Waals surface area (Å²) in [7, 11) is 0. The number of rotatable bonds is 1. The zero-order valence-corrected chi connectivity index (χ0v) is 11.7. The van der Waals surface area contributed by atoms with Gasteiger partial charge in [0.1, 0.15) is 0 Å². The first-order valence-corrected chi connectivity index (χ1v) is 7.04. The Morgan fingerprint density at radius 2 is 1.89 bits per heavy atom. The number of nitrogens with zero attached hydrogens (tertiary/aromatic N) is 2. The molecule has 18 heavy (non-hydrogen) atoms. The van der Waals surface area contributed by atoms with Gasteiger partial charge in [-0.3, -0.25) is 9.59 Å². The normalized spacial score (nSPS) is 29.2. The van der Waals surface area contributed by atoms with Gasteiger partial charge in [-0.1, -0.05) is 0 Å². The first-order chi connectivity index (χ1) is 8.49. The summed E-state index contributed by atoms with van der Waals surface area (Å²) < 4.78 is 0. The number of likely N-dealkylation sites (tertiary alicyclic amines) is 2. The molecule has 0 aromatic rings. The molecule has 4 heteroatoms. The van der Waals surface area contributed by atoms with E-state index in [0.29, 0.717) is 30.2 Å². The van der Waals surface area contributed by atoms with E-state index in [-0.39, 0.29) is 5.91 Å². The van der Waals surface area contributed by atoms with Gasteiger partial charge in [0.2, 0.25) is 11.8 Å². The van der Waals surface area contributed by atoms with E-state index in [4.69, 9.17) is 0 Å². The second-order valence-corrected chi connectivity index (χ2v) is 5.95. The van der Waals surface area contributed by atoms with Crippen molar-refractivity contribution in [2.75, 3.05) is 19.6 Å². The SMILES string of the molecule is CC(=O)N1CC[C@H]2CC(=O)N(C(C)C)CC[C@H]2C1. The Morgan fingerprint density at radius 3 is 2.50 bits per heavy atom. The highest BCUT2D eigenvalue weighted by atomic mass is 16.2. The Labute approximate surface area is 109 Å². The number of carbonyl (C=O) groups excluding carboxylic acids is 2. The number of amides is 2. The summed E-state index contributed by atoms with van der Waals surface area (Å²) in [5.41, 5.74) is 0. The van der Waals surface area contributed by atoms with Crippen LogP contribution < -0.4 is 0 Å². The van der Waals surface area contributed by atoms with Crippen LogP contribution in [0.25, 0.3) is 0 Å². The quantitative estimate of drug-likeness (QED) is 0.709. The highest BCUT2D eigenvalue weighted by Crippen LogP contribution is 2.32. The van der Waals surface area contributed by atoms with Crippen LogP contribution in [-0.2, 0) is 9.59 Å². The first kappa shape index (κ1) is 13.4. The fraction of sp³-hybridized carbons (Fsp3) is 0.857. The maximum atomic E-state index is 12.2. The van der Waals surface area contributed by atoms with Crippen LogP contribution in [0, 0.1) is 11.8 Å². The molecule has 0 aromatic carbocycles. The summed E-state index contributed by atoms with van der Waals surface area (Å²) in [5.74, 6) is 1.46. The van der Waals surface area contributed by atoms with E-state index in [0.717, 1.165) is 32.5 Å². The number of carbonyl (C=O) groups is 2. The second kappa shape index (κ2) is 5.29. The van der Waals surface area contributed by atoms with Crippen molar-refractivity contribution in [3.8, 4) is 0 Å². The lowest BCUT2D eigenvalue weighted by Crippen LogP contribution is -2.42. The molecule has 0 radical (unpaired) electrons. The number of fused-ring (bicyclic) bond motifs is 1. The van der Waals surface area contributed by atoms with Gasteiger partial charge in [0, 0.05) is 39.0 Å². The van der Waals surface area contributed by atoms with E-state index in [1.165, 1.54) is 0 Å². The Balaban J connectivity index is 2.04. The Kier molecular flexibility index (Phi) is 3.93. The molecule has 2 saturated heterocycles. The molecule has 2 heterocycles. The maximum absolute atomic E-state index is 12.2. The molecular weight excluding hydrogens is 228 g/mol. The molecule has 102 valence electrons. The first-order valence-electron chi connectivity index (χ1n) is 7.04. The van der Waals surface area contributed by atoms with Gasteiger partial charge in [0.25, 0.3) is 0 Å². The summed E-state index contributed by atoms with van der Waals surface area (Å²) in [4.78, 5) is 27.6. The van der Waals surface area contributed by atoms with Crippen molar-refractivity contribution in [2.24, 2.45) is 11.8 Å². The fourth-order valence-electron chi connectivity index (χ4n) is 3.28. The molecule has 2 atom stereocenters. The van der Waals surface area contributed by atoms with E-state index >= 15 is 0 Å². The zero-order chi connectivity index (χ0) is 13.3. The van der Waals surface area contributed by atoms with Crippen LogP contribution in [0.2, 0.25) is 0 Å². The van der Waals surface area contributed by atoms with Crippen molar-refractivity contribution in [1.82, 2.24) is 9.80 Å². The van der Waals surface area contributed by atoms with Gasteiger partial charge in [0.15, 0.2) is 0 Å². The number of piperidine rings is 1. The average Bonchev–Trinajstić information content (AvgIpc) is 2.46. The molecule has 2 amide bonds. The highest BCUT2D eigenvalue weighted by molar-refractivity contribution is 5.77. The molecule has 0 saturated carbocycles. The van der Waals surface area contributed by atoms with Crippen molar-refractivity contribution >= 4 is 11.8 Å². The fourth-order valence-corrected chi connectivity index (χ4v) is 3.28. The minimum atomic E-state index is 0.171. The van der Waals surface area contributed by atoms with Crippen molar-refractivity contribution < 1.29 is 9.59 Å². The Bertz CT molecular complexity index is 341. The van der Waals surface area contributed by atoms with Gasteiger partial charge in [0.05, 0.1) is 0 Å². The monoisotopic (exact) mass is 252 g/mol. The standard InChI is InChI=1S/C14H24N2O2/c1-10(2)16-7-5-13-9-15(11(3)17)6-4-12(13)8-14(16)18/h10,12-13H,4-9H2,1-3H3/t12-,13-/m0/s1. The average molecular weight is 252 g/mol. The third-order valence-electron chi connectivity index (χ3n) is 4.46. The minimum absolute atomic E-state index is 0.171. The van der Waals surface area contributed by atoms with Crippen LogP contribution in [0.5, 0.6) is 0 Å². The molecule has 2 rings (SSSR count). The van der Waals surface area contributed by atoms with Gasteiger partial charge >= 0.3 is 0 Å². The Morgan fingerprint density at radius 1 is 1.22 bits per heavy atom. The van der Waals surface area contributed by atoms with E-state index in [1.807, 2.05) is 9.80 Å².